The molecule has 0 bridgehead atoms. The highest BCUT2D eigenvalue weighted by molar-refractivity contribution is 5.78. The monoisotopic (exact) mass is 348 g/mol. The number of pyridine rings is 2. The van der Waals surface area contributed by atoms with Gasteiger partial charge in [-0.05, 0) is 32.0 Å². The van der Waals surface area contributed by atoms with Gasteiger partial charge in [0.2, 0.25) is 5.88 Å². The van der Waals surface area contributed by atoms with Crippen molar-refractivity contribution in [2.75, 3.05) is 33.3 Å². The van der Waals surface area contributed by atoms with E-state index in [9.17, 15) is 9.50 Å². The first kappa shape index (κ1) is 18.0. The van der Waals surface area contributed by atoms with E-state index in [0.29, 0.717) is 42.0 Å². The molecule has 2 aromatic rings. The van der Waals surface area contributed by atoms with E-state index in [4.69, 9.17) is 4.74 Å². The average molecular weight is 348 g/mol. The third-order valence-electron chi connectivity index (χ3n) is 4.76. The van der Waals surface area contributed by atoms with Gasteiger partial charge in [-0.3, -0.25) is 4.98 Å². The maximum atomic E-state index is 14.3. The Bertz CT molecular complexity index is 728. The van der Waals surface area contributed by atoms with Gasteiger partial charge in [0.15, 0.2) is 0 Å². The van der Waals surface area contributed by atoms with Gasteiger partial charge in [-0.1, -0.05) is 6.92 Å². The SMILES string of the molecule is CCN[C@H]1CCN(CCc2c(F)cnc3ccc(OC)nc23)C[C@H]1O. The van der Waals surface area contributed by atoms with Crippen LogP contribution in [0.25, 0.3) is 11.0 Å². The molecule has 1 aliphatic heterocycles. The molecule has 0 aliphatic carbocycles. The summed E-state index contributed by atoms with van der Waals surface area (Å²) in [6.45, 7) is 5.04. The molecule has 0 spiro atoms. The number of methoxy groups -OCH3 is 1. The van der Waals surface area contributed by atoms with Crippen LogP contribution in [0.3, 0.4) is 0 Å². The Kier molecular flexibility index (Phi) is 5.78. The molecular formula is C18H25FN4O2. The van der Waals surface area contributed by atoms with E-state index in [-0.39, 0.29) is 11.9 Å². The molecule has 0 saturated carbocycles. The number of ether oxygens (including phenoxy) is 1. The van der Waals surface area contributed by atoms with E-state index in [1.54, 1.807) is 12.1 Å². The molecule has 1 saturated heterocycles. The molecule has 7 heteroatoms. The number of aliphatic hydroxyl groups excluding tert-OH is 1. The quantitative estimate of drug-likeness (QED) is 0.822. The number of β-amino-alcohol motifs (C(OH)–C–C–N with tert-alkyl or cyclic N) is 1. The predicted molar refractivity (Wildman–Crippen MR) is 94.3 cm³/mol. The van der Waals surface area contributed by atoms with Crippen molar-refractivity contribution >= 4 is 11.0 Å². The number of likely N-dealkylation sites (tertiary alicyclic amines) is 1. The lowest BCUT2D eigenvalue weighted by Crippen LogP contribution is -2.52. The summed E-state index contributed by atoms with van der Waals surface area (Å²) < 4.78 is 19.5. The minimum Gasteiger partial charge on any atom is -0.481 e. The molecule has 1 aliphatic rings. The first-order valence-electron chi connectivity index (χ1n) is 8.74. The Balaban J connectivity index is 1.72. The van der Waals surface area contributed by atoms with Crippen LogP contribution >= 0.6 is 0 Å². The van der Waals surface area contributed by atoms with E-state index >= 15 is 0 Å². The predicted octanol–water partition coefficient (Wildman–Crippen LogP) is 1.36. The number of likely N-dealkylation sites (N-methyl/N-ethyl adjacent to an activating group) is 1. The fourth-order valence-corrected chi connectivity index (χ4v) is 3.40. The number of nitrogens with zero attached hydrogens (tertiary/aromatic N) is 3. The van der Waals surface area contributed by atoms with E-state index in [2.05, 4.69) is 20.2 Å². The zero-order chi connectivity index (χ0) is 17.8. The van der Waals surface area contributed by atoms with Crippen LogP contribution in [0.15, 0.2) is 18.3 Å². The van der Waals surface area contributed by atoms with Crippen LogP contribution in [0, 0.1) is 5.82 Å². The highest BCUT2D eigenvalue weighted by atomic mass is 19.1. The number of aliphatic hydroxyl groups is 1. The summed E-state index contributed by atoms with van der Waals surface area (Å²) in [6, 6.07) is 3.65. The molecule has 25 heavy (non-hydrogen) atoms. The molecule has 2 N–H and O–H groups in total. The van der Waals surface area contributed by atoms with Crippen LogP contribution in [-0.2, 0) is 6.42 Å². The zero-order valence-electron chi connectivity index (χ0n) is 14.7. The fraction of sp³-hybridized carbons (Fsp3) is 0.556. The van der Waals surface area contributed by atoms with Crippen molar-refractivity contribution < 1.29 is 14.2 Å². The van der Waals surface area contributed by atoms with Gasteiger partial charge in [-0.25, -0.2) is 9.37 Å². The largest absolute Gasteiger partial charge is 0.481 e. The lowest BCUT2D eigenvalue weighted by atomic mass is 10.0. The van der Waals surface area contributed by atoms with E-state index in [1.165, 1.54) is 13.3 Å². The van der Waals surface area contributed by atoms with Gasteiger partial charge in [0.1, 0.15) is 5.82 Å². The molecule has 136 valence electrons. The Morgan fingerprint density at radius 3 is 3.00 bits per heavy atom. The molecule has 0 aromatic carbocycles. The standard InChI is InChI=1S/C18H25FN4O2/c1-3-20-14-7-9-23(11-16(14)24)8-6-12-13(19)10-21-15-4-5-17(25-2)22-18(12)15/h4-5,10,14,16,20,24H,3,6-9,11H2,1-2H3/t14-,16+/m0/s1. The minimum atomic E-state index is -0.397. The number of hydrogen-bond acceptors (Lipinski definition) is 6. The molecule has 0 unspecified atom stereocenters. The molecule has 2 aromatic heterocycles. The first-order chi connectivity index (χ1) is 12.1. The number of hydrogen-bond donors (Lipinski definition) is 2. The fourth-order valence-electron chi connectivity index (χ4n) is 3.40. The average Bonchev–Trinajstić information content (AvgIpc) is 2.62. The van der Waals surface area contributed by atoms with Gasteiger partial charge in [-0.15, -0.1) is 0 Å². The van der Waals surface area contributed by atoms with E-state index in [1.807, 2.05) is 6.92 Å². The highest BCUT2D eigenvalue weighted by Gasteiger charge is 2.27. The maximum Gasteiger partial charge on any atom is 0.213 e. The number of nitrogens with one attached hydrogen (secondary N) is 1. The minimum absolute atomic E-state index is 0.144. The van der Waals surface area contributed by atoms with Crippen LogP contribution in [0.4, 0.5) is 4.39 Å². The van der Waals surface area contributed by atoms with Crippen LogP contribution in [0.5, 0.6) is 5.88 Å². The Hall–Kier alpha value is -1.83. The smallest absolute Gasteiger partial charge is 0.213 e. The maximum absolute atomic E-state index is 14.3. The van der Waals surface area contributed by atoms with Crippen molar-refractivity contribution in [3.8, 4) is 5.88 Å². The molecule has 0 radical (unpaired) electrons. The number of rotatable bonds is 6. The van der Waals surface area contributed by atoms with Crippen LogP contribution in [0.1, 0.15) is 18.9 Å². The molecule has 1 fully saturated rings. The third kappa shape index (κ3) is 4.05. The summed E-state index contributed by atoms with van der Waals surface area (Å²) >= 11 is 0. The number of aromatic nitrogens is 2. The Labute approximate surface area is 147 Å². The first-order valence-corrected chi connectivity index (χ1v) is 8.74. The van der Waals surface area contributed by atoms with Crippen molar-refractivity contribution in [2.24, 2.45) is 0 Å². The molecule has 3 rings (SSSR count). The highest BCUT2D eigenvalue weighted by Crippen LogP contribution is 2.22. The summed E-state index contributed by atoms with van der Waals surface area (Å²) in [7, 11) is 1.54. The normalized spacial score (nSPS) is 21.6. The summed E-state index contributed by atoms with van der Waals surface area (Å²) in [4.78, 5) is 10.6. The number of fused-ring (bicyclic) bond motifs is 1. The summed E-state index contributed by atoms with van der Waals surface area (Å²) in [5.74, 6) is 0.0966. The van der Waals surface area contributed by atoms with Crippen LogP contribution < -0.4 is 10.1 Å². The molecule has 3 heterocycles. The molecular weight excluding hydrogens is 323 g/mol. The van der Waals surface area contributed by atoms with Crippen LogP contribution in [0.2, 0.25) is 0 Å². The molecule has 6 nitrogen and oxygen atoms in total. The van der Waals surface area contributed by atoms with E-state index in [0.717, 1.165) is 19.5 Å². The van der Waals surface area contributed by atoms with Gasteiger partial charge < -0.3 is 20.1 Å². The van der Waals surface area contributed by atoms with Gasteiger partial charge in [0.05, 0.1) is 30.4 Å². The summed E-state index contributed by atoms with van der Waals surface area (Å²) in [5, 5.41) is 13.6. The van der Waals surface area contributed by atoms with Gasteiger partial charge in [0, 0.05) is 30.8 Å². The van der Waals surface area contributed by atoms with Crippen LogP contribution in [-0.4, -0.2) is 65.4 Å². The molecule has 2 atom stereocenters. The zero-order valence-corrected chi connectivity index (χ0v) is 14.7. The van der Waals surface area contributed by atoms with Crippen molar-refractivity contribution in [3.63, 3.8) is 0 Å². The summed E-state index contributed by atoms with van der Waals surface area (Å²) in [5.41, 5.74) is 1.75. The van der Waals surface area contributed by atoms with Gasteiger partial charge in [-0.2, -0.15) is 0 Å². The number of halogens is 1. The second-order valence-electron chi connectivity index (χ2n) is 6.38. The molecule has 0 amide bonds. The Morgan fingerprint density at radius 1 is 1.44 bits per heavy atom. The third-order valence-corrected chi connectivity index (χ3v) is 4.76. The van der Waals surface area contributed by atoms with E-state index < -0.39 is 6.10 Å². The lowest BCUT2D eigenvalue weighted by Gasteiger charge is -2.36. The van der Waals surface area contributed by atoms with Gasteiger partial charge in [0.25, 0.3) is 0 Å². The lowest BCUT2D eigenvalue weighted by molar-refractivity contribution is 0.0417. The van der Waals surface area contributed by atoms with Crippen molar-refractivity contribution in [1.29, 1.82) is 0 Å². The Morgan fingerprint density at radius 2 is 2.28 bits per heavy atom. The van der Waals surface area contributed by atoms with Crippen molar-refractivity contribution in [3.05, 3.63) is 29.7 Å². The van der Waals surface area contributed by atoms with Gasteiger partial charge >= 0.3 is 0 Å². The number of piperidine rings is 1. The summed E-state index contributed by atoms with van der Waals surface area (Å²) in [6.07, 6.45) is 2.26. The van der Waals surface area contributed by atoms with Crippen molar-refractivity contribution in [2.45, 2.75) is 31.9 Å². The topological polar surface area (TPSA) is 70.5 Å². The second kappa shape index (κ2) is 8.03. The van der Waals surface area contributed by atoms with Crippen molar-refractivity contribution in [1.82, 2.24) is 20.2 Å². The second-order valence-corrected chi connectivity index (χ2v) is 6.38.